The molecule has 8 heteroatoms. The largest absolute Gasteiger partial charge is 0.382 e. The predicted octanol–water partition coefficient (Wildman–Crippen LogP) is 1.33. The zero-order chi connectivity index (χ0) is 15.1. The van der Waals surface area contributed by atoms with Crippen LogP contribution in [0.3, 0.4) is 0 Å². The summed E-state index contributed by atoms with van der Waals surface area (Å²) in [5.41, 5.74) is 5.81. The number of aromatic nitrogens is 1. The Kier molecular flexibility index (Phi) is 6.59. The Morgan fingerprint density at radius 1 is 1.38 bits per heavy atom. The summed E-state index contributed by atoms with van der Waals surface area (Å²) >= 11 is 3.30. The van der Waals surface area contributed by atoms with Crippen LogP contribution in [0.25, 0.3) is 0 Å². The highest BCUT2D eigenvalue weighted by molar-refractivity contribution is 7.99. The van der Waals surface area contributed by atoms with E-state index in [-0.39, 0.29) is 5.91 Å². The normalized spacial score (nSPS) is 15.9. The molecular weight excluding hydrogens is 306 g/mol. The number of thiazole rings is 1. The van der Waals surface area contributed by atoms with Gasteiger partial charge in [-0.25, -0.2) is 4.98 Å². The molecule has 0 bridgehead atoms. The fraction of sp³-hybridized carbons (Fsp3) is 0.692. The van der Waals surface area contributed by atoms with E-state index in [1.165, 1.54) is 22.8 Å². The summed E-state index contributed by atoms with van der Waals surface area (Å²) in [4.78, 5) is 19.2. The topological polar surface area (TPSA) is 83.3 Å². The molecular formula is C13H23N5OS2. The minimum absolute atomic E-state index is 0.124. The van der Waals surface area contributed by atoms with E-state index in [4.69, 9.17) is 5.73 Å². The Morgan fingerprint density at radius 2 is 2.14 bits per heavy atom. The van der Waals surface area contributed by atoms with Crippen LogP contribution in [0.2, 0.25) is 0 Å². The number of rotatable bonds is 7. The van der Waals surface area contributed by atoms with E-state index in [0.29, 0.717) is 22.4 Å². The van der Waals surface area contributed by atoms with Gasteiger partial charge in [0.25, 0.3) is 5.91 Å². The van der Waals surface area contributed by atoms with Gasteiger partial charge in [0.05, 0.1) is 0 Å². The van der Waals surface area contributed by atoms with Crippen LogP contribution in [-0.2, 0) is 0 Å². The molecule has 1 aromatic rings. The summed E-state index contributed by atoms with van der Waals surface area (Å²) in [6.07, 6.45) is 1.01. The summed E-state index contributed by atoms with van der Waals surface area (Å²) in [5.74, 6) is 2.55. The van der Waals surface area contributed by atoms with Crippen LogP contribution in [0.15, 0.2) is 0 Å². The van der Waals surface area contributed by atoms with Gasteiger partial charge in [-0.15, -0.1) is 0 Å². The third kappa shape index (κ3) is 5.05. The molecule has 1 aliphatic rings. The van der Waals surface area contributed by atoms with Gasteiger partial charge in [-0.1, -0.05) is 18.3 Å². The number of nitrogens with one attached hydrogen (secondary N) is 2. The highest BCUT2D eigenvalue weighted by atomic mass is 32.2. The van der Waals surface area contributed by atoms with Crippen molar-refractivity contribution in [1.29, 1.82) is 0 Å². The Balaban J connectivity index is 1.78. The van der Waals surface area contributed by atoms with Crippen LogP contribution in [0.5, 0.6) is 0 Å². The van der Waals surface area contributed by atoms with Crippen molar-refractivity contribution in [3.05, 3.63) is 4.88 Å². The number of hydrogen-bond acceptors (Lipinski definition) is 7. The van der Waals surface area contributed by atoms with Gasteiger partial charge in [-0.3, -0.25) is 9.69 Å². The predicted molar refractivity (Wildman–Crippen MR) is 91.4 cm³/mol. The van der Waals surface area contributed by atoms with E-state index in [1.54, 1.807) is 0 Å². The number of nitrogen functional groups attached to an aromatic ring is 1. The Morgan fingerprint density at radius 3 is 2.86 bits per heavy atom. The number of carbonyl (C=O) groups is 1. The van der Waals surface area contributed by atoms with E-state index in [9.17, 15) is 4.79 Å². The highest BCUT2D eigenvalue weighted by Gasteiger charge is 2.16. The lowest BCUT2D eigenvalue weighted by Gasteiger charge is -2.25. The molecule has 1 fully saturated rings. The quantitative estimate of drug-likeness (QED) is 0.700. The second kappa shape index (κ2) is 8.45. The molecule has 0 spiro atoms. The van der Waals surface area contributed by atoms with E-state index < -0.39 is 0 Å². The van der Waals surface area contributed by atoms with Gasteiger partial charge < -0.3 is 16.4 Å². The lowest BCUT2D eigenvalue weighted by atomic mass is 10.4. The van der Waals surface area contributed by atoms with Gasteiger partial charge in [0.2, 0.25) is 0 Å². The first-order chi connectivity index (χ1) is 10.2. The van der Waals surface area contributed by atoms with Crippen molar-refractivity contribution in [2.24, 2.45) is 0 Å². The summed E-state index contributed by atoms with van der Waals surface area (Å²) in [7, 11) is 0. The monoisotopic (exact) mass is 329 g/mol. The van der Waals surface area contributed by atoms with Crippen LogP contribution in [0.4, 0.5) is 10.9 Å². The van der Waals surface area contributed by atoms with Crippen LogP contribution in [0.1, 0.15) is 23.0 Å². The zero-order valence-corrected chi connectivity index (χ0v) is 14.0. The molecule has 0 aromatic carbocycles. The number of nitrogens with zero attached hydrogens (tertiary/aromatic N) is 2. The summed E-state index contributed by atoms with van der Waals surface area (Å²) < 4.78 is 0. The lowest BCUT2D eigenvalue weighted by molar-refractivity contribution is 0.0953. The summed E-state index contributed by atoms with van der Waals surface area (Å²) in [6.45, 7) is 6.67. The van der Waals surface area contributed by atoms with Crippen molar-refractivity contribution in [1.82, 2.24) is 15.2 Å². The van der Waals surface area contributed by atoms with Gasteiger partial charge in [-0.05, 0) is 6.42 Å². The Labute approximate surface area is 133 Å². The standard InChI is InChI=1S/C13H23N5OS2/c1-2-3-16-13-17-11(14)10(21-13)12(19)15-4-5-18-6-8-20-9-7-18/h2-9,14H2,1H3,(H,15,19)(H,16,17). The molecule has 2 heterocycles. The second-order valence-electron chi connectivity index (χ2n) is 4.87. The number of thioether (sulfide) groups is 1. The van der Waals surface area contributed by atoms with Crippen molar-refractivity contribution in [3.8, 4) is 0 Å². The molecule has 0 atom stereocenters. The lowest BCUT2D eigenvalue weighted by Crippen LogP contribution is -2.39. The molecule has 0 unspecified atom stereocenters. The second-order valence-corrected chi connectivity index (χ2v) is 7.09. The first kappa shape index (κ1) is 16.4. The minimum atomic E-state index is -0.124. The smallest absolute Gasteiger partial charge is 0.265 e. The third-order valence-corrected chi connectivity index (χ3v) is 5.17. The first-order valence-corrected chi connectivity index (χ1v) is 9.26. The van der Waals surface area contributed by atoms with Crippen LogP contribution < -0.4 is 16.4 Å². The summed E-state index contributed by atoms with van der Waals surface area (Å²) in [5, 5.41) is 6.80. The molecule has 0 saturated carbocycles. The van der Waals surface area contributed by atoms with Gasteiger partial charge in [-0.2, -0.15) is 11.8 Å². The molecule has 0 aliphatic carbocycles. The van der Waals surface area contributed by atoms with Gasteiger partial charge in [0.15, 0.2) is 5.13 Å². The summed E-state index contributed by atoms with van der Waals surface area (Å²) in [6, 6.07) is 0. The Bertz CT molecular complexity index is 459. The molecule has 4 N–H and O–H groups in total. The maximum atomic E-state index is 12.1. The van der Waals surface area contributed by atoms with Crippen LogP contribution in [0, 0.1) is 0 Å². The van der Waals surface area contributed by atoms with Gasteiger partial charge in [0.1, 0.15) is 10.7 Å². The number of amides is 1. The van der Waals surface area contributed by atoms with Gasteiger partial charge in [0, 0.05) is 44.2 Å². The fourth-order valence-corrected chi connectivity index (χ4v) is 3.84. The zero-order valence-electron chi connectivity index (χ0n) is 12.4. The van der Waals surface area contributed by atoms with E-state index in [2.05, 4.69) is 27.4 Å². The molecule has 1 aliphatic heterocycles. The Hall–Kier alpha value is -0.990. The first-order valence-electron chi connectivity index (χ1n) is 7.29. The van der Waals surface area contributed by atoms with Crippen molar-refractivity contribution in [2.75, 3.05) is 55.3 Å². The van der Waals surface area contributed by atoms with Gasteiger partial charge >= 0.3 is 0 Å². The molecule has 1 saturated heterocycles. The number of carbonyl (C=O) groups excluding carboxylic acids is 1. The maximum absolute atomic E-state index is 12.1. The third-order valence-electron chi connectivity index (χ3n) is 3.20. The molecule has 21 heavy (non-hydrogen) atoms. The molecule has 2 rings (SSSR count). The van der Waals surface area contributed by atoms with Crippen molar-refractivity contribution in [2.45, 2.75) is 13.3 Å². The SMILES string of the molecule is CCCNc1nc(N)c(C(=O)NCCN2CCSCC2)s1. The fourth-order valence-electron chi connectivity index (χ4n) is 2.03. The van der Waals surface area contributed by atoms with E-state index in [0.717, 1.165) is 32.6 Å². The molecule has 118 valence electrons. The van der Waals surface area contributed by atoms with Crippen LogP contribution >= 0.6 is 23.1 Å². The number of nitrogens with two attached hydrogens (primary N) is 1. The number of anilines is 2. The molecule has 1 aromatic heterocycles. The number of hydrogen-bond donors (Lipinski definition) is 3. The van der Waals surface area contributed by atoms with Crippen molar-refractivity contribution >= 4 is 40.0 Å². The highest BCUT2D eigenvalue weighted by Crippen LogP contribution is 2.24. The molecule has 1 amide bonds. The van der Waals surface area contributed by atoms with E-state index in [1.807, 2.05) is 11.8 Å². The van der Waals surface area contributed by atoms with Crippen molar-refractivity contribution < 1.29 is 4.79 Å². The maximum Gasteiger partial charge on any atom is 0.265 e. The van der Waals surface area contributed by atoms with Crippen molar-refractivity contribution in [3.63, 3.8) is 0 Å². The molecule has 0 radical (unpaired) electrons. The average molecular weight is 329 g/mol. The molecule has 6 nitrogen and oxygen atoms in total. The minimum Gasteiger partial charge on any atom is -0.382 e. The van der Waals surface area contributed by atoms with E-state index >= 15 is 0 Å². The van der Waals surface area contributed by atoms with Crippen LogP contribution in [-0.4, -0.2) is 60.0 Å². The average Bonchev–Trinajstić information content (AvgIpc) is 2.87.